The summed E-state index contributed by atoms with van der Waals surface area (Å²) in [6.07, 6.45) is 3.50. The van der Waals surface area contributed by atoms with Crippen molar-refractivity contribution in [3.8, 4) is 0 Å². The Morgan fingerprint density at radius 2 is 1.60 bits per heavy atom. The number of aromatic nitrogens is 1. The topological polar surface area (TPSA) is 33.1 Å². The van der Waals surface area contributed by atoms with Gasteiger partial charge in [0.05, 0.1) is 0 Å². The van der Waals surface area contributed by atoms with Gasteiger partial charge < -0.3 is 0 Å². The van der Waals surface area contributed by atoms with Crippen LogP contribution in [-0.2, 0) is 25.5 Å². The van der Waals surface area contributed by atoms with Crippen LogP contribution in [0.15, 0.2) is 54.9 Å². The Kier molecular flexibility index (Phi) is 5.86. The van der Waals surface area contributed by atoms with Crippen LogP contribution in [0.2, 0.25) is 0 Å². The average Bonchev–Trinajstić information content (AvgIpc) is 2.33. The zero-order valence-electron chi connectivity index (χ0n) is 8.13. The molecule has 0 radical (unpaired) electrons. The number of hydrogen-bond acceptors (Lipinski definition) is 2. The van der Waals surface area contributed by atoms with Gasteiger partial charge in [0.2, 0.25) is 0 Å². The molecule has 0 aliphatic rings. The summed E-state index contributed by atoms with van der Waals surface area (Å²) < 4.78 is 1.23. The molecule has 0 aliphatic carbocycles. The number of aliphatic hydroxyl groups excluding tert-OH is 1. The van der Waals surface area contributed by atoms with Crippen molar-refractivity contribution in [2.45, 2.75) is 6.61 Å². The van der Waals surface area contributed by atoms with Gasteiger partial charge in [0, 0.05) is 12.4 Å². The van der Waals surface area contributed by atoms with Crippen LogP contribution in [0.1, 0.15) is 5.56 Å². The van der Waals surface area contributed by atoms with E-state index in [1.54, 1.807) is 12.4 Å². The molecule has 2 rings (SSSR count). The normalized spacial score (nSPS) is 9.00. The minimum Gasteiger partial charge on any atom is -0.265 e. The Morgan fingerprint density at radius 1 is 1.00 bits per heavy atom. The van der Waals surface area contributed by atoms with Gasteiger partial charge in [0.15, 0.2) is 0 Å². The van der Waals surface area contributed by atoms with E-state index in [2.05, 4.69) is 4.98 Å². The van der Waals surface area contributed by atoms with E-state index < -0.39 is 0 Å². The summed E-state index contributed by atoms with van der Waals surface area (Å²) in [5.41, 5.74) is 0.973. The van der Waals surface area contributed by atoms with Crippen LogP contribution in [0.5, 0.6) is 0 Å². The molecule has 0 fully saturated rings. The van der Waals surface area contributed by atoms with Gasteiger partial charge in [-0.1, -0.05) is 6.07 Å². The van der Waals surface area contributed by atoms with Crippen LogP contribution >= 0.6 is 0 Å². The van der Waals surface area contributed by atoms with Crippen molar-refractivity contribution in [2.75, 3.05) is 0 Å². The molecular weight excluding hydrogens is 366 g/mol. The van der Waals surface area contributed by atoms with Crippen LogP contribution in [0, 0.1) is 0 Å². The molecule has 3 heteroatoms. The Labute approximate surface area is 100 Å². The molecule has 0 saturated carbocycles. The maximum Gasteiger partial charge on any atom is 0.0267 e. The molecule has 0 atom stereocenters. The van der Waals surface area contributed by atoms with Crippen molar-refractivity contribution in [1.29, 1.82) is 0 Å². The van der Waals surface area contributed by atoms with Crippen LogP contribution in [0.3, 0.4) is 0 Å². The van der Waals surface area contributed by atoms with E-state index in [0.717, 1.165) is 5.56 Å². The van der Waals surface area contributed by atoms with Crippen molar-refractivity contribution in [1.82, 2.24) is 4.98 Å². The molecule has 0 saturated heterocycles. The fourth-order valence-electron chi connectivity index (χ4n) is 0.895. The quantitative estimate of drug-likeness (QED) is 0.815. The van der Waals surface area contributed by atoms with Gasteiger partial charge in [-0.3, -0.25) is 4.98 Å². The van der Waals surface area contributed by atoms with E-state index in [1.807, 2.05) is 61.4 Å². The Balaban J connectivity index is 0.000000162. The third-order valence-corrected chi connectivity index (χ3v) is 2.45. The van der Waals surface area contributed by atoms with Crippen molar-refractivity contribution in [3.05, 3.63) is 60.4 Å². The minimum atomic E-state index is 0.139. The third kappa shape index (κ3) is 5.43. The number of benzene rings is 1. The largest absolute Gasteiger partial charge is 0.265 e. The zero-order valence-corrected chi connectivity index (χ0v) is 10.5. The molecule has 2 nitrogen and oxygen atoms in total. The van der Waals surface area contributed by atoms with Crippen molar-refractivity contribution < 1.29 is 24.0 Å². The van der Waals surface area contributed by atoms with Crippen LogP contribution in [0.4, 0.5) is 0 Å². The van der Waals surface area contributed by atoms with E-state index in [9.17, 15) is 0 Å². The molecule has 0 amide bonds. The predicted molar refractivity (Wildman–Crippen MR) is 56.2 cm³/mol. The molecule has 80 valence electrons. The SMILES string of the molecule is OCc1cc[c]([Ir])cc1.c1ccncc1. The molecular formula is C12H12IrNO. The standard InChI is InChI=1S/C7H7O.C5H5N.Ir/c8-6-7-4-2-1-3-5-7;1-2-4-6-5-3-1;/h2-5,8H,6H2;1-5H;. The van der Waals surface area contributed by atoms with Crippen LogP contribution in [-0.4, -0.2) is 10.1 Å². The van der Waals surface area contributed by atoms with Gasteiger partial charge in [-0.2, -0.15) is 0 Å². The number of aliphatic hydroxyl groups is 1. The summed E-state index contributed by atoms with van der Waals surface area (Å²) >= 11 is 2.03. The first-order valence-electron chi connectivity index (χ1n) is 4.51. The van der Waals surface area contributed by atoms with Gasteiger partial charge >= 0.3 is 64.5 Å². The first kappa shape index (κ1) is 12.1. The number of hydrogen-bond donors (Lipinski definition) is 1. The van der Waals surface area contributed by atoms with Crippen molar-refractivity contribution in [2.24, 2.45) is 0 Å². The second-order valence-corrected chi connectivity index (χ2v) is 4.17. The Bertz CT molecular complexity index is 334. The summed E-state index contributed by atoms with van der Waals surface area (Å²) in [5.74, 6) is 0. The van der Waals surface area contributed by atoms with E-state index in [1.165, 1.54) is 4.08 Å². The van der Waals surface area contributed by atoms with Crippen molar-refractivity contribution >= 4 is 4.08 Å². The molecule has 2 aromatic rings. The predicted octanol–water partition coefficient (Wildman–Crippen LogP) is 1.43. The van der Waals surface area contributed by atoms with Gasteiger partial charge in [-0.25, -0.2) is 0 Å². The summed E-state index contributed by atoms with van der Waals surface area (Å²) in [7, 11) is 0. The average molecular weight is 378 g/mol. The molecule has 1 aromatic heterocycles. The van der Waals surface area contributed by atoms with Crippen LogP contribution in [0.25, 0.3) is 0 Å². The Morgan fingerprint density at radius 3 is 1.93 bits per heavy atom. The summed E-state index contributed by atoms with van der Waals surface area (Å²) in [4.78, 5) is 3.78. The van der Waals surface area contributed by atoms with Gasteiger partial charge in [0.1, 0.15) is 0 Å². The number of pyridine rings is 1. The fourth-order valence-corrected chi connectivity index (χ4v) is 1.29. The monoisotopic (exact) mass is 379 g/mol. The van der Waals surface area contributed by atoms with Crippen molar-refractivity contribution in [3.63, 3.8) is 0 Å². The first-order valence-corrected chi connectivity index (χ1v) is 5.71. The third-order valence-electron chi connectivity index (χ3n) is 1.65. The van der Waals surface area contributed by atoms with E-state index in [-0.39, 0.29) is 6.61 Å². The van der Waals surface area contributed by atoms with Gasteiger partial charge in [0.25, 0.3) is 0 Å². The van der Waals surface area contributed by atoms with E-state index in [4.69, 9.17) is 5.11 Å². The second kappa shape index (κ2) is 7.29. The molecule has 0 spiro atoms. The molecule has 0 bridgehead atoms. The smallest absolute Gasteiger partial charge is 0.0267 e. The summed E-state index contributed by atoms with van der Waals surface area (Å²) in [5, 5.41) is 8.63. The van der Waals surface area contributed by atoms with E-state index in [0.29, 0.717) is 0 Å². The van der Waals surface area contributed by atoms with Crippen LogP contribution < -0.4 is 4.08 Å². The molecule has 0 unspecified atom stereocenters. The maximum atomic E-state index is 8.63. The molecule has 0 aliphatic heterocycles. The molecule has 1 aromatic carbocycles. The maximum absolute atomic E-state index is 8.63. The van der Waals surface area contributed by atoms with Gasteiger partial charge in [-0.05, 0) is 12.1 Å². The van der Waals surface area contributed by atoms with E-state index >= 15 is 0 Å². The molecule has 15 heavy (non-hydrogen) atoms. The zero-order chi connectivity index (χ0) is 10.9. The number of rotatable bonds is 1. The first-order chi connectivity index (χ1) is 7.33. The summed E-state index contributed by atoms with van der Waals surface area (Å²) in [6.45, 7) is 0.139. The fraction of sp³-hybridized carbons (Fsp3) is 0.0833. The van der Waals surface area contributed by atoms with Gasteiger partial charge in [-0.15, -0.1) is 0 Å². The second-order valence-electron chi connectivity index (χ2n) is 2.78. The minimum absolute atomic E-state index is 0.139. The number of nitrogens with zero attached hydrogens (tertiary/aromatic N) is 1. The Hall–Kier alpha value is -1.02. The molecule has 1 heterocycles. The summed E-state index contributed by atoms with van der Waals surface area (Å²) in [6, 6.07) is 13.6. The molecule has 1 N–H and O–H groups in total.